The van der Waals surface area contributed by atoms with Gasteiger partial charge in [-0.3, -0.25) is 4.79 Å². The number of carbonyl (C=O) groups excluding carboxylic acids is 1. The summed E-state index contributed by atoms with van der Waals surface area (Å²) in [7, 11) is 2.18. The fraction of sp³-hybridized carbons (Fsp3) is 0.750. The van der Waals surface area contributed by atoms with E-state index in [1.54, 1.807) is 0 Å². The summed E-state index contributed by atoms with van der Waals surface area (Å²) in [5, 5.41) is 3.05. The molecule has 1 aromatic rings. The molecule has 1 aliphatic carbocycles. The molecule has 138 valence electrons. The maximum absolute atomic E-state index is 12.1. The van der Waals surface area contributed by atoms with Gasteiger partial charge in [0.25, 0.3) is 0 Å². The van der Waals surface area contributed by atoms with E-state index in [0.717, 1.165) is 37.2 Å². The second kappa shape index (κ2) is 8.75. The highest BCUT2D eigenvalue weighted by Crippen LogP contribution is 2.22. The van der Waals surface area contributed by atoms with Crippen LogP contribution in [0.1, 0.15) is 67.7 Å². The second-order valence-electron chi connectivity index (χ2n) is 7.63. The fourth-order valence-electron chi connectivity index (χ4n) is 4.16. The largest absolute Gasteiger partial charge is 0.356 e. The van der Waals surface area contributed by atoms with Gasteiger partial charge in [0.15, 0.2) is 0 Å². The summed E-state index contributed by atoms with van der Waals surface area (Å²) >= 11 is 0. The molecular formula is C20H32N4O. The molecule has 1 saturated heterocycles. The molecule has 5 heteroatoms. The van der Waals surface area contributed by atoms with Crippen LogP contribution in [0.2, 0.25) is 0 Å². The van der Waals surface area contributed by atoms with Gasteiger partial charge in [-0.1, -0.05) is 6.42 Å². The van der Waals surface area contributed by atoms with Gasteiger partial charge in [0.2, 0.25) is 5.91 Å². The van der Waals surface area contributed by atoms with Crippen LogP contribution in [0.4, 0.5) is 0 Å². The predicted octanol–water partition coefficient (Wildman–Crippen LogP) is 2.59. The normalized spacial score (nSPS) is 21.0. The van der Waals surface area contributed by atoms with Gasteiger partial charge in [0.1, 0.15) is 5.82 Å². The van der Waals surface area contributed by atoms with E-state index in [-0.39, 0.29) is 5.91 Å². The zero-order valence-electron chi connectivity index (χ0n) is 15.8. The summed E-state index contributed by atoms with van der Waals surface area (Å²) < 4.78 is 0. The molecular weight excluding hydrogens is 312 g/mol. The standard InChI is InChI=1S/C20H32N4O/c1-15-17-8-3-4-9-18(17)23-19(22-15)12-13-21-20(25)11-10-16-7-5-6-14-24(16)2/h16H,3-14H2,1-2H3,(H,21,25)/t16-/m1/s1. The van der Waals surface area contributed by atoms with Crippen LogP contribution in [-0.4, -0.2) is 47.0 Å². The summed E-state index contributed by atoms with van der Waals surface area (Å²) in [6.07, 6.45) is 10.8. The Morgan fingerprint density at radius 2 is 2.04 bits per heavy atom. The topological polar surface area (TPSA) is 58.1 Å². The number of aromatic nitrogens is 2. The third-order valence-electron chi connectivity index (χ3n) is 5.73. The van der Waals surface area contributed by atoms with E-state index < -0.39 is 0 Å². The minimum absolute atomic E-state index is 0.161. The Morgan fingerprint density at radius 1 is 1.20 bits per heavy atom. The van der Waals surface area contributed by atoms with Crippen molar-refractivity contribution in [2.45, 2.75) is 77.2 Å². The third-order valence-corrected chi connectivity index (χ3v) is 5.73. The van der Waals surface area contributed by atoms with Crippen molar-refractivity contribution in [3.05, 3.63) is 22.8 Å². The number of nitrogens with one attached hydrogen (secondary N) is 1. The Kier molecular flexibility index (Phi) is 6.40. The minimum Gasteiger partial charge on any atom is -0.356 e. The number of likely N-dealkylation sites (tertiary alicyclic amines) is 1. The number of nitrogens with zero attached hydrogens (tertiary/aromatic N) is 3. The van der Waals surface area contributed by atoms with Gasteiger partial charge in [-0.25, -0.2) is 9.97 Å². The van der Waals surface area contributed by atoms with E-state index >= 15 is 0 Å². The molecule has 0 radical (unpaired) electrons. The first-order valence-electron chi connectivity index (χ1n) is 9.95. The lowest BCUT2D eigenvalue weighted by Crippen LogP contribution is -2.37. The van der Waals surface area contributed by atoms with Crippen molar-refractivity contribution >= 4 is 5.91 Å². The number of hydrogen-bond donors (Lipinski definition) is 1. The fourth-order valence-corrected chi connectivity index (χ4v) is 4.16. The van der Waals surface area contributed by atoms with Gasteiger partial charge in [-0.2, -0.15) is 0 Å². The average Bonchev–Trinajstić information content (AvgIpc) is 2.61. The Hall–Kier alpha value is -1.49. The maximum atomic E-state index is 12.1. The molecule has 1 atom stereocenters. The van der Waals surface area contributed by atoms with Crippen LogP contribution in [0, 0.1) is 6.92 Å². The molecule has 1 N–H and O–H groups in total. The summed E-state index contributed by atoms with van der Waals surface area (Å²) in [5.74, 6) is 1.04. The highest BCUT2D eigenvalue weighted by molar-refractivity contribution is 5.75. The van der Waals surface area contributed by atoms with Gasteiger partial charge in [-0.15, -0.1) is 0 Å². The number of hydrogen-bond acceptors (Lipinski definition) is 4. The molecule has 2 aliphatic rings. The minimum atomic E-state index is 0.161. The van der Waals surface area contributed by atoms with Crippen molar-refractivity contribution in [3.63, 3.8) is 0 Å². The van der Waals surface area contributed by atoms with E-state index in [1.165, 1.54) is 49.9 Å². The monoisotopic (exact) mass is 344 g/mol. The smallest absolute Gasteiger partial charge is 0.220 e. The Morgan fingerprint density at radius 3 is 2.88 bits per heavy atom. The molecule has 1 amide bonds. The summed E-state index contributed by atoms with van der Waals surface area (Å²) in [5.41, 5.74) is 3.72. The van der Waals surface area contributed by atoms with Crippen LogP contribution >= 0.6 is 0 Å². The summed E-state index contributed by atoms with van der Waals surface area (Å²) in [6.45, 7) is 3.90. The molecule has 1 aromatic heterocycles. The maximum Gasteiger partial charge on any atom is 0.220 e. The van der Waals surface area contributed by atoms with E-state index in [1.807, 2.05) is 0 Å². The number of carbonyl (C=O) groups is 1. The molecule has 1 aliphatic heterocycles. The molecule has 0 spiro atoms. The first kappa shape index (κ1) is 18.3. The predicted molar refractivity (Wildman–Crippen MR) is 99.6 cm³/mol. The van der Waals surface area contributed by atoms with Crippen molar-refractivity contribution in [2.24, 2.45) is 0 Å². The van der Waals surface area contributed by atoms with Crippen LogP contribution in [-0.2, 0) is 24.1 Å². The van der Waals surface area contributed by atoms with E-state index in [9.17, 15) is 4.79 Å². The molecule has 3 rings (SSSR count). The van der Waals surface area contributed by atoms with Crippen LogP contribution < -0.4 is 5.32 Å². The second-order valence-corrected chi connectivity index (χ2v) is 7.63. The SMILES string of the molecule is Cc1nc(CCNC(=O)CC[C@H]2CCCCN2C)nc2c1CCCC2. The zero-order valence-corrected chi connectivity index (χ0v) is 15.8. The van der Waals surface area contributed by atoms with Crippen LogP contribution in [0.3, 0.4) is 0 Å². The summed E-state index contributed by atoms with van der Waals surface area (Å²) in [6, 6.07) is 0.575. The quantitative estimate of drug-likeness (QED) is 0.862. The highest BCUT2D eigenvalue weighted by Gasteiger charge is 2.19. The Balaban J connectivity index is 1.42. The lowest BCUT2D eigenvalue weighted by atomic mass is 9.95. The average molecular weight is 345 g/mol. The van der Waals surface area contributed by atoms with Crippen molar-refractivity contribution in [2.75, 3.05) is 20.1 Å². The van der Waals surface area contributed by atoms with Gasteiger partial charge in [0, 0.05) is 36.8 Å². The highest BCUT2D eigenvalue weighted by atomic mass is 16.1. The van der Waals surface area contributed by atoms with Crippen LogP contribution in [0.15, 0.2) is 0 Å². The number of fused-ring (bicyclic) bond motifs is 1. The molecule has 25 heavy (non-hydrogen) atoms. The Labute approximate surface area is 151 Å². The molecule has 0 saturated carbocycles. The lowest BCUT2D eigenvalue weighted by Gasteiger charge is -2.32. The van der Waals surface area contributed by atoms with Crippen molar-refractivity contribution in [1.82, 2.24) is 20.2 Å². The van der Waals surface area contributed by atoms with Crippen LogP contribution in [0.25, 0.3) is 0 Å². The zero-order chi connectivity index (χ0) is 17.6. The number of aryl methyl sites for hydroxylation is 2. The molecule has 0 bridgehead atoms. The third kappa shape index (κ3) is 5.00. The number of piperidine rings is 1. The van der Waals surface area contributed by atoms with Gasteiger partial charge >= 0.3 is 0 Å². The molecule has 0 unspecified atom stereocenters. The van der Waals surface area contributed by atoms with Crippen molar-refractivity contribution < 1.29 is 4.79 Å². The first-order valence-corrected chi connectivity index (χ1v) is 9.95. The summed E-state index contributed by atoms with van der Waals surface area (Å²) in [4.78, 5) is 23.9. The Bertz CT molecular complexity index is 602. The molecule has 1 fully saturated rings. The number of rotatable bonds is 6. The molecule has 5 nitrogen and oxygen atoms in total. The van der Waals surface area contributed by atoms with Crippen LogP contribution in [0.5, 0.6) is 0 Å². The van der Waals surface area contributed by atoms with E-state index in [0.29, 0.717) is 19.0 Å². The molecule has 2 heterocycles. The molecule has 0 aromatic carbocycles. The van der Waals surface area contributed by atoms with Gasteiger partial charge in [0.05, 0.1) is 0 Å². The van der Waals surface area contributed by atoms with Crippen molar-refractivity contribution in [1.29, 1.82) is 0 Å². The van der Waals surface area contributed by atoms with Gasteiger partial charge in [-0.05, 0) is 71.0 Å². The van der Waals surface area contributed by atoms with E-state index in [4.69, 9.17) is 4.98 Å². The van der Waals surface area contributed by atoms with Crippen molar-refractivity contribution in [3.8, 4) is 0 Å². The number of amides is 1. The van der Waals surface area contributed by atoms with E-state index in [2.05, 4.69) is 29.2 Å². The van der Waals surface area contributed by atoms with Gasteiger partial charge < -0.3 is 10.2 Å². The lowest BCUT2D eigenvalue weighted by molar-refractivity contribution is -0.121. The first-order chi connectivity index (χ1) is 12.1.